The molecule has 6 aromatic rings. The van der Waals surface area contributed by atoms with Gasteiger partial charge in [0.2, 0.25) is 82.7 Å². The number of aliphatic hydroxyl groups is 6. The van der Waals surface area contributed by atoms with Gasteiger partial charge in [-0.05, 0) is 102 Å². The number of primary amides is 1. The molecule has 0 aliphatic rings. The van der Waals surface area contributed by atoms with Crippen molar-refractivity contribution in [3.63, 3.8) is 0 Å². The number of H-pyrrole nitrogens is 2. The Balaban J connectivity index is 1.17. The molecule has 0 bridgehead atoms. The Morgan fingerprint density at radius 1 is 0.410 bits per heavy atom. The molecular weight excluding hydrogens is 1620 g/mol. The molecule has 0 fully saturated rings. The third-order valence-corrected chi connectivity index (χ3v) is 19.7. The van der Waals surface area contributed by atoms with Gasteiger partial charge in [-0.3, -0.25) is 67.1 Å². The number of phenols is 3. The number of carboxylic acid groups (broad SMARTS) is 1. The highest BCUT2D eigenvalue weighted by atomic mass is 32.2. The fraction of sp³-hybridized carbons (Fsp3) is 0.436. The van der Waals surface area contributed by atoms with Gasteiger partial charge in [0.1, 0.15) is 95.8 Å². The molecule has 0 unspecified atom stereocenters. The van der Waals surface area contributed by atoms with Crippen LogP contribution in [0.2, 0.25) is 0 Å². The number of para-hydroxylation sites is 1. The van der Waals surface area contributed by atoms with Crippen LogP contribution in [0.4, 0.5) is 0 Å². The first-order valence-electron chi connectivity index (χ1n) is 38.3. The fourth-order valence-electron chi connectivity index (χ4n) is 12.1. The summed E-state index contributed by atoms with van der Waals surface area (Å²) in [5.74, 6) is -18.4. The highest BCUT2D eigenvalue weighted by Crippen LogP contribution is 2.22. The summed E-state index contributed by atoms with van der Waals surface area (Å²) in [6.07, 6.45) is 1.82. The number of nitrogens with two attached hydrogens (primary N) is 2. The van der Waals surface area contributed by atoms with E-state index in [0.717, 1.165) is 6.92 Å². The number of carboxylic acids is 1. The second-order valence-corrected chi connectivity index (χ2v) is 29.7. The Labute approximate surface area is 701 Å². The van der Waals surface area contributed by atoms with Gasteiger partial charge in [0, 0.05) is 67.5 Å². The lowest BCUT2D eigenvalue weighted by Crippen LogP contribution is -2.63. The van der Waals surface area contributed by atoms with Crippen molar-refractivity contribution < 1.29 is 123 Å². The van der Waals surface area contributed by atoms with Crippen LogP contribution in [0.25, 0.3) is 10.9 Å². The van der Waals surface area contributed by atoms with Crippen molar-refractivity contribution in [2.75, 3.05) is 45.0 Å². The van der Waals surface area contributed by atoms with E-state index in [9.17, 15) is 123 Å². The van der Waals surface area contributed by atoms with Gasteiger partial charge in [0.25, 0.3) is 0 Å². The summed E-state index contributed by atoms with van der Waals surface area (Å²) in [5.41, 5.74) is 13.3. The largest absolute Gasteiger partial charge is 0.508 e. The molecule has 14 amide bonds. The molecule has 0 saturated carbocycles. The number of aliphatic carboxylic acids is 1. The van der Waals surface area contributed by atoms with E-state index in [2.05, 4.69) is 84.1 Å². The zero-order chi connectivity index (χ0) is 90.0. The number of thioether (sulfide) groups is 1. The van der Waals surface area contributed by atoms with Crippen LogP contribution < -0.4 is 80.6 Å². The smallest absolute Gasteiger partial charge is 0.326 e. The van der Waals surface area contributed by atoms with Gasteiger partial charge in [0.05, 0.1) is 51.5 Å². The summed E-state index contributed by atoms with van der Waals surface area (Å²) in [5, 5.41) is 134. The van der Waals surface area contributed by atoms with Gasteiger partial charge >= 0.3 is 5.97 Å². The van der Waals surface area contributed by atoms with E-state index in [4.69, 9.17) is 11.5 Å². The number of amides is 14. The van der Waals surface area contributed by atoms with Gasteiger partial charge in [-0.25, -0.2) is 9.78 Å². The molecule has 2 aromatic heterocycles. The molecule has 0 spiro atoms. The molecule has 662 valence electrons. The average Bonchev–Trinajstić information content (AvgIpc) is 1.63. The van der Waals surface area contributed by atoms with Gasteiger partial charge in [0.15, 0.2) is 0 Å². The van der Waals surface area contributed by atoms with Gasteiger partial charge in [-0.1, -0.05) is 68.4 Å². The van der Waals surface area contributed by atoms with E-state index in [1.54, 1.807) is 36.7 Å². The molecule has 6 rings (SSSR count). The summed E-state index contributed by atoms with van der Waals surface area (Å²) >= 11 is 1.26. The second kappa shape index (κ2) is 48.4. The zero-order valence-corrected chi connectivity index (χ0v) is 67.5. The number of nitrogens with one attached hydrogen (secondary N) is 15. The third-order valence-electron chi connectivity index (χ3n) is 19.0. The number of imidazole rings is 1. The standard InChI is InChI=1S/C78H104N18O25S/c1-38(2)63(95-74(116)60(35-100)90-65(107)49(79)21-22-62(80)106)76(118)93-61(36-101)75(117)96-64(39(3)102)77(119)94-59(34-99)73(115)92-58(33-98)72(114)86-53(26-41-11-17-46(104)18-12-41)68(110)91-57(32-97)71(113)85-52(25-40-9-15-45(103)16-10-40)67(109)84-51(23-24-122-4)66(108)88-55(29-44-31-81-37-83-44)70(112)87-54(28-43-30-82-50-8-6-5-7-48(43)50)69(111)89-56(78(120)121)27-42-13-19-47(105)20-14-42/h5-20,30-31,37-39,49,51-61,63-64,82,97-105H,21-29,32-36,79H2,1-4H3,(H2,80,106)(H,81,83)(H,84,109)(H,85,113)(H,86,114)(H,87,112)(H,88,108)(H,89,111)(H,90,107)(H,91,110)(H,92,115)(H,93,118)(H,94,119)(H,95,116)(H,96,117)(H,120,121)/t39-,49+,51+,52+,53+,54+,55+,56+,57+,58+,59+,60+,61+,63+,64+/m1/s1. The van der Waals surface area contributed by atoms with E-state index < -0.39 is 231 Å². The van der Waals surface area contributed by atoms with Crippen LogP contribution >= 0.6 is 11.8 Å². The Hall–Kier alpha value is -12.9. The SMILES string of the molecule is CSCC[C@H](NC(=O)[C@H](Cc1ccc(O)cc1)NC(=O)[C@H](CO)NC(=O)[C@H](Cc1ccc(O)cc1)NC(=O)[C@H](CO)NC(=O)[C@H](CO)NC(=O)[C@@H](NC(=O)[C@H](CO)NC(=O)[C@@H](NC(=O)[C@H](CO)NC(=O)[C@@H](N)CCC(N)=O)C(C)C)[C@@H](C)O)C(=O)N[C@@H](Cc1cnc[nH]1)C(=O)N[C@@H](Cc1c[nH]c2ccccc12)C(=O)N[C@@H](Cc1ccc(O)cc1)C(=O)O. The van der Waals surface area contributed by atoms with Gasteiger partial charge in [-0.15, -0.1) is 0 Å². The minimum Gasteiger partial charge on any atom is -0.508 e. The molecule has 4 aromatic carbocycles. The Morgan fingerprint density at radius 3 is 1.15 bits per heavy atom. The first kappa shape index (κ1) is 98.0. The first-order valence-corrected chi connectivity index (χ1v) is 39.7. The van der Waals surface area contributed by atoms with Crippen molar-refractivity contribution in [1.82, 2.24) is 84.1 Å². The van der Waals surface area contributed by atoms with Gasteiger partial charge in [-0.2, -0.15) is 11.8 Å². The highest BCUT2D eigenvalue weighted by molar-refractivity contribution is 7.98. The molecular formula is C78H104N18O25S. The zero-order valence-electron chi connectivity index (χ0n) is 66.7. The van der Waals surface area contributed by atoms with Crippen molar-refractivity contribution in [1.29, 1.82) is 0 Å². The number of aromatic amines is 2. The van der Waals surface area contributed by atoms with E-state index in [-0.39, 0.29) is 67.1 Å². The lowest BCUT2D eigenvalue weighted by Gasteiger charge is -2.28. The van der Waals surface area contributed by atoms with Gasteiger partial charge < -0.3 is 142 Å². The Bertz CT molecular complexity index is 4560. The molecule has 122 heavy (non-hydrogen) atoms. The van der Waals surface area contributed by atoms with Crippen LogP contribution in [-0.4, -0.2) is 290 Å². The minimum absolute atomic E-state index is 0.0886. The van der Waals surface area contributed by atoms with Crippen molar-refractivity contribution in [2.24, 2.45) is 17.4 Å². The Morgan fingerprint density at radius 2 is 0.754 bits per heavy atom. The second-order valence-electron chi connectivity index (χ2n) is 28.7. The number of carbonyl (C=O) groups excluding carboxylic acids is 14. The minimum atomic E-state index is -2.08. The summed E-state index contributed by atoms with van der Waals surface area (Å²) in [6.45, 7) is -2.06. The predicted octanol–water partition coefficient (Wildman–Crippen LogP) is -7.75. The highest BCUT2D eigenvalue weighted by Gasteiger charge is 2.40. The summed E-state index contributed by atoms with van der Waals surface area (Å²) < 4.78 is 0. The number of carbonyl (C=O) groups is 15. The maximum Gasteiger partial charge on any atom is 0.326 e. The predicted molar refractivity (Wildman–Crippen MR) is 434 cm³/mol. The van der Waals surface area contributed by atoms with Crippen LogP contribution in [0.5, 0.6) is 17.2 Å². The fourth-order valence-corrected chi connectivity index (χ4v) is 12.6. The molecule has 0 radical (unpaired) electrons. The van der Waals surface area contributed by atoms with Crippen LogP contribution in [0.3, 0.4) is 0 Å². The maximum absolute atomic E-state index is 14.9. The first-order chi connectivity index (χ1) is 58.0. The van der Waals surface area contributed by atoms with Crippen molar-refractivity contribution in [3.05, 3.63) is 144 Å². The number of nitrogens with zero attached hydrogens (tertiary/aromatic N) is 1. The number of hydrogen-bond donors (Lipinski definition) is 27. The average molecular weight is 1730 g/mol. The number of aromatic hydroxyl groups is 3. The monoisotopic (exact) mass is 1720 g/mol. The quantitative estimate of drug-likeness (QED) is 0.0169. The van der Waals surface area contributed by atoms with Crippen LogP contribution in [0, 0.1) is 5.92 Å². The third kappa shape index (κ3) is 30.4. The number of hydrogen-bond acceptors (Lipinski definition) is 27. The van der Waals surface area contributed by atoms with Crippen molar-refractivity contribution >= 4 is 111 Å². The topological polar surface area (TPSA) is 711 Å². The van der Waals surface area contributed by atoms with E-state index in [0.29, 0.717) is 33.3 Å². The van der Waals surface area contributed by atoms with Crippen molar-refractivity contribution in [2.45, 2.75) is 163 Å². The van der Waals surface area contributed by atoms with Crippen LogP contribution in [-0.2, 0) is 104 Å². The van der Waals surface area contributed by atoms with Crippen LogP contribution in [0.15, 0.2) is 116 Å². The van der Waals surface area contributed by atoms with E-state index in [1.807, 2.05) is 0 Å². The number of aromatic nitrogens is 3. The van der Waals surface area contributed by atoms with E-state index >= 15 is 0 Å². The van der Waals surface area contributed by atoms with Crippen LogP contribution in [0.1, 0.15) is 68.0 Å². The molecule has 44 heteroatoms. The lowest BCUT2D eigenvalue weighted by atomic mass is 10.0. The van der Waals surface area contributed by atoms with Crippen molar-refractivity contribution in [3.8, 4) is 17.2 Å². The number of fused-ring (bicyclic) bond motifs is 1. The summed E-state index contributed by atoms with van der Waals surface area (Å²) in [7, 11) is 0. The number of rotatable bonds is 50. The molecule has 2 heterocycles. The summed E-state index contributed by atoms with van der Waals surface area (Å²) in [6, 6.07) is -1.39. The molecule has 0 aliphatic carbocycles. The number of benzene rings is 4. The Kier molecular flexibility index (Phi) is 38.9. The molecule has 29 N–H and O–H groups in total. The number of aliphatic hydroxyl groups excluding tert-OH is 6. The van der Waals surface area contributed by atoms with E-state index in [1.165, 1.54) is 111 Å². The lowest BCUT2D eigenvalue weighted by molar-refractivity contribution is -0.142. The normalized spacial score (nSPS) is 14.9. The molecule has 0 aliphatic heterocycles. The molecule has 43 nitrogen and oxygen atoms in total. The molecule has 0 saturated heterocycles. The summed E-state index contributed by atoms with van der Waals surface area (Å²) in [4.78, 5) is 217. The maximum atomic E-state index is 14.9. The number of phenolic OH excluding ortho intramolecular Hbond substituents is 3. The molecule has 15 atom stereocenters.